The molecule has 31 heavy (non-hydrogen) atoms. The van der Waals surface area contributed by atoms with Crippen LogP contribution in [0.4, 0.5) is 11.4 Å². The summed E-state index contributed by atoms with van der Waals surface area (Å²) in [5.41, 5.74) is 3.82. The molecular weight excluding hydrogens is 388 g/mol. The first-order valence-electron chi connectivity index (χ1n) is 11.0. The van der Waals surface area contributed by atoms with Gasteiger partial charge in [-0.05, 0) is 55.2 Å². The number of carbonyl (C=O) groups excluding carboxylic acids is 2. The lowest BCUT2D eigenvalue weighted by atomic mass is 9.77. The van der Waals surface area contributed by atoms with Crippen LogP contribution in [0.3, 0.4) is 0 Å². The second-order valence-corrected chi connectivity index (χ2v) is 8.36. The summed E-state index contributed by atoms with van der Waals surface area (Å²) in [6.07, 6.45) is 7.95. The molecular formula is C25H26N4O2. The number of aromatic nitrogens is 2. The number of para-hydroxylation sites is 1. The fraction of sp³-hybridized carbons (Fsp3) is 0.320. The molecule has 158 valence electrons. The van der Waals surface area contributed by atoms with E-state index in [9.17, 15) is 9.59 Å². The zero-order valence-corrected chi connectivity index (χ0v) is 17.4. The summed E-state index contributed by atoms with van der Waals surface area (Å²) >= 11 is 0. The molecule has 2 atom stereocenters. The average molecular weight is 415 g/mol. The molecule has 2 amide bonds. The molecule has 1 N–H and O–H groups in total. The monoisotopic (exact) mass is 414 g/mol. The molecule has 2 aliphatic rings. The van der Waals surface area contributed by atoms with Crippen LogP contribution in [0.2, 0.25) is 0 Å². The zero-order valence-electron chi connectivity index (χ0n) is 17.4. The molecule has 0 spiro atoms. The van der Waals surface area contributed by atoms with Crippen molar-refractivity contribution < 1.29 is 9.59 Å². The fourth-order valence-electron chi connectivity index (χ4n) is 4.89. The molecule has 1 aromatic heterocycles. The molecule has 1 aliphatic carbocycles. The Labute approximate surface area is 181 Å². The third-order valence-electron chi connectivity index (χ3n) is 6.46. The lowest BCUT2D eigenvalue weighted by Gasteiger charge is -2.32. The number of nitrogens with zero attached hydrogens (tertiary/aromatic N) is 3. The van der Waals surface area contributed by atoms with Gasteiger partial charge in [-0.1, -0.05) is 37.1 Å². The highest BCUT2D eigenvalue weighted by molar-refractivity contribution is 6.02. The highest BCUT2D eigenvalue weighted by atomic mass is 16.2. The minimum absolute atomic E-state index is 0.0665. The Bertz CT molecular complexity index is 1090. The van der Waals surface area contributed by atoms with Gasteiger partial charge >= 0.3 is 0 Å². The van der Waals surface area contributed by atoms with Crippen LogP contribution in [0, 0.1) is 11.8 Å². The summed E-state index contributed by atoms with van der Waals surface area (Å²) in [7, 11) is 0. The first kappa shape index (κ1) is 19.5. The van der Waals surface area contributed by atoms with E-state index in [2.05, 4.69) is 16.5 Å². The molecule has 5 rings (SSSR count). The Morgan fingerprint density at radius 3 is 2.65 bits per heavy atom. The van der Waals surface area contributed by atoms with Crippen molar-refractivity contribution in [1.29, 1.82) is 0 Å². The van der Waals surface area contributed by atoms with Crippen molar-refractivity contribution in [2.45, 2.75) is 32.1 Å². The van der Waals surface area contributed by atoms with Gasteiger partial charge in [0.1, 0.15) is 0 Å². The molecule has 3 aromatic rings. The maximum absolute atomic E-state index is 13.5. The van der Waals surface area contributed by atoms with Crippen LogP contribution >= 0.6 is 0 Å². The maximum atomic E-state index is 13.5. The second kappa shape index (κ2) is 8.38. The summed E-state index contributed by atoms with van der Waals surface area (Å²) < 4.78 is 1.76. The normalized spacial score (nSPS) is 20.3. The molecule has 6 heteroatoms. The smallest absolute Gasteiger partial charge is 0.230 e. The van der Waals surface area contributed by atoms with Gasteiger partial charge in [0.2, 0.25) is 11.8 Å². The minimum Gasteiger partial charge on any atom is -0.326 e. The quantitative estimate of drug-likeness (QED) is 0.696. The molecule has 1 aliphatic heterocycles. The third kappa shape index (κ3) is 3.85. The van der Waals surface area contributed by atoms with Gasteiger partial charge in [0, 0.05) is 36.2 Å². The molecule has 2 aromatic carbocycles. The Balaban J connectivity index is 1.33. The van der Waals surface area contributed by atoms with Crippen LogP contribution in [0.15, 0.2) is 67.0 Å². The predicted octanol–water partition coefficient (Wildman–Crippen LogP) is 4.21. The molecule has 0 radical (unpaired) electrons. The summed E-state index contributed by atoms with van der Waals surface area (Å²) in [5, 5.41) is 7.31. The van der Waals surface area contributed by atoms with Crippen LogP contribution in [-0.2, 0) is 16.0 Å². The van der Waals surface area contributed by atoms with Crippen LogP contribution < -0.4 is 10.2 Å². The largest absolute Gasteiger partial charge is 0.326 e. The molecule has 0 bridgehead atoms. The Kier molecular flexibility index (Phi) is 5.28. The van der Waals surface area contributed by atoms with E-state index in [0.29, 0.717) is 6.54 Å². The van der Waals surface area contributed by atoms with E-state index in [1.807, 2.05) is 59.6 Å². The number of fused-ring (bicyclic) bond motifs is 1. The molecule has 6 nitrogen and oxygen atoms in total. The molecule has 0 saturated heterocycles. The maximum Gasteiger partial charge on any atom is 0.230 e. The van der Waals surface area contributed by atoms with E-state index in [4.69, 9.17) is 0 Å². The number of rotatable bonds is 4. The van der Waals surface area contributed by atoms with Crippen molar-refractivity contribution in [2.24, 2.45) is 11.8 Å². The number of hydrogen-bond donors (Lipinski definition) is 1. The van der Waals surface area contributed by atoms with E-state index in [0.717, 1.165) is 49.2 Å². The number of benzene rings is 2. The standard InChI is InChI=1S/C25H26N4O2/c30-24(27-19-8-5-9-20(17-19)29-15-6-14-26-29)21-10-2-3-11-22(21)25(31)28-16-13-18-7-1-4-12-23(18)28/h1,4-9,12,14-15,17,21-22H,2-3,10-11,13,16H2,(H,27,30). The van der Waals surface area contributed by atoms with Crippen molar-refractivity contribution >= 4 is 23.2 Å². The van der Waals surface area contributed by atoms with E-state index < -0.39 is 0 Å². The Morgan fingerprint density at radius 1 is 0.968 bits per heavy atom. The van der Waals surface area contributed by atoms with Crippen molar-refractivity contribution in [3.63, 3.8) is 0 Å². The average Bonchev–Trinajstić information content (AvgIpc) is 3.49. The topological polar surface area (TPSA) is 67.2 Å². The van der Waals surface area contributed by atoms with Gasteiger partial charge < -0.3 is 10.2 Å². The van der Waals surface area contributed by atoms with Crippen molar-refractivity contribution in [3.8, 4) is 5.69 Å². The highest BCUT2D eigenvalue weighted by Crippen LogP contribution is 2.36. The lowest BCUT2D eigenvalue weighted by Crippen LogP contribution is -2.43. The molecule has 1 saturated carbocycles. The van der Waals surface area contributed by atoms with Crippen molar-refractivity contribution in [3.05, 3.63) is 72.6 Å². The van der Waals surface area contributed by atoms with Gasteiger partial charge in [-0.25, -0.2) is 4.68 Å². The number of anilines is 2. The number of carbonyl (C=O) groups is 2. The lowest BCUT2D eigenvalue weighted by molar-refractivity contribution is -0.132. The summed E-state index contributed by atoms with van der Waals surface area (Å²) in [5.74, 6) is -0.546. The van der Waals surface area contributed by atoms with Gasteiger partial charge in [-0.2, -0.15) is 5.10 Å². The van der Waals surface area contributed by atoms with Gasteiger partial charge in [0.25, 0.3) is 0 Å². The van der Waals surface area contributed by atoms with Crippen LogP contribution in [0.5, 0.6) is 0 Å². The molecule has 1 fully saturated rings. The van der Waals surface area contributed by atoms with E-state index in [1.54, 1.807) is 10.9 Å². The fourth-order valence-corrected chi connectivity index (χ4v) is 4.89. The van der Waals surface area contributed by atoms with Crippen LogP contribution in [0.25, 0.3) is 5.69 Å². The summed E-state index contributed by atoms with van der Waals surface area (Å²) in [6, 6.07) is 17.6. The van der Waals surface area contributed by atoms with Gasteiger partial charge in [0.05, 0.1) is 11.6 Å². The highest BCUT2D eigenvalue weighted by Gasteiger charge is 2.39. The Hall–Kier alpha value is -3.41. The zero-order chi connectivity index (χ0) is 21.2. The van der Waals surface area contributed by atoms with Crippen molar-refractivity contribution in [1.82, 2.24) is 9.78 Å². The number of hydrogen-bond acceptors (Lipinski definition) is 3. The molecule has 2 heterocycles. The van der Waals surface area contributed by atoms with Gasteiger partial charge in [-0.3, -0.25) is 9.59 Å². The number of nitrogens with one attached hydrogen (secondary N) is 1. The summed E-state index contributed by atoms with van der Waals surface area (Å²) in [6.45, 7) is 0.703. The summed E-state index contributed by atoms with van der Waals surface area (Å²) in [4.78, 5) is 28.6. The van der Waals surface area contributed by atoms with E-state index >= 15 is 0 Å². The molecule has 2 unspecified atom stereocenters. The number of amides is 2. The van der Waals surface area contributed by atoms with E-state index in [-0.39, 0.29) is 23.7 Å². The second-order valence-electron chi connectivity index (χ2n) is 8.36. The third-order valence-corrected chi connectivity index (χ3v) is 6.46. The first-order valence-corrected chi connectivity index (χ1v) is 11.0. The Morgan fingerprint density at radius 2 is 1.81 bits per heavy atom. The predicted molar refractivity (Wildman–Crippen MR) is 120 cm³/mol. The van der Waals surface area contributed by atoms with E-state index in [1.165, 1.54) is 5.56 Å². The SMILES string of the molecule is O=C(Nc1cccc(-n2cccn2)c1)C1CCCCC1C(=O)N1CCc2ccccc21. The van der Waals surface area contributed by atoms with Crippen LogP contribution in [-0.4, -0.2) is 28.1 Å². The van der Waals surface area contributed by atoms with Gasteiger partial charge in [0.15, 0.2) is 0 Å². The van der Waals surface area contributed by atoms with Crippen LogP contribution in [0.1, 0.15) is 31.2 Å². The van der Waals surface area contributed by atoms with Gasteiger partial charge in [-0.15, -0.1) is 0 Å². The minimum atomic E-state index is -0.303. The first-order chi connectivity index (χ1) is 15.2. The van der Waals surface area contributed by atoms with Crippen molar-refractivity contribution in [2.75, 3.05) is 16.8 Å².